The number of amides is 2. The summed E-state index contributed by atoms with van der Waals surface area (Å²) in [6.45, 7) is 1.81. The molecule has 0 spiro atoms. The first-order valence-electron chi connectivity index (χ1n) is 9.81. The molecular formula is C21H20ClFN6O2. The van der Waals surface area contributed by atoms with Gasteiger partial charge in [-0.25, -0.2) is 9.37 Å². The summed E-state index contributed by atoms with van der Waals surface area (Å²) in [5.74, 6) is 0.133. The summed E-state index contributed by atoms with van der Waals surface area (Å²) in [4.78, 5) is 27.3. The molecule has 2 heterocycles. The van der Waals surface area contributed by atoms with Gasteiger partial charge in [-0.05, 0) is 43.5 Å². The average Bonchev–Trinajstić information content (AvgIpc) is 3.47. The van der Waals surface area contributed by atoms with Crippen molar-refractivity contribution >= 4 is 53.0 Å². The van der Waals surface area contributed by atoms with Crippen LogP contribution in [0, 0.1) is 5.82 Å². The fourth-order valence-corrected chi connectivity index (χ4v) is 3.25. The molecule has 0 saturated heterocycles. The number of aromatic nitrogens is 3. The molecule has 0 bridgehead atoms. The van der Waals surface area contributed by atoms with E-state index in [1.54, 1.807) is 22.9 Å². The van der Waals surface area contributed by atoms with E-state index in [4.69, 9.17) is 11.6 Å². The molecule has 0 unspecified atom stereocenters. The van der Waals surface area contributed by atoms with Gasteiger partial charge in [0.2, 0.25) is 6.41 Å². The molecule has 2 amide bonds. The minimum atomic E-state index is -0.483. The first-order valence-corrected chi connectivity index (χ1v) is 10.2. The van der Waals surface area contributed by atoms with Crippen LogP contribution in [-0.2, 0) is 9.59 Å². The molecule has 1 fully saturated rings. The monoisotopic (exact) mass is 442 g/mol. The third-order valence-electron chi connectivity index (χ3n) is 4.81. The van der Waals surface area contributed by atoms with Crippen molar-refractivity contribution in [1.82, 2.24) is 19.9 Å². The number of halogens is 2. The Kier molecular flexibility index (Phi) is 5.85. The van der Waals surface area contributed by atoms with Gasteiger partial charge in [-0.1, -0.05) is 18.5 Å². The number of carbonyl (C=O) groups is 2. The van der Waals surface area contributed by atoms with Crippen molar-refractivity contribution in [3.63, 3.8) is 0 Å². The number of imide groups is 1. The number of fused-ring (bicyclic) bond motifs is 1. The first kappa shape index (κ1) is 20.8. The quantitative estimate of drug-likeness (QED) is 0.361. The number of rotatable bonds is 8. The van der Waals surface area contributed by atoms with Gasteiger partial charge < -0.3 is 10.6 Å². The second kappa shape index (κ2) is 8.73. The molecule has 2 aromatic heterocycles. The highest BCUT2D eigenvalue weighted by Gasteiger charge is 2.23. The van der Waals surface area contributed by atoms with E-state index in [1.165, 1.54) is 18.2 Å². The molecule has 0 atom stereocenters. The fourth-order valence-electron chi connectivity index (χ4n) is 3.08. The van der Waals surface area contributed by atoms with E-state index in [0.29, 0.717) is 52.3 Å². The van der Waals surface area contributed by atoms with Crippen molar-refractivity contribution in [3.8, 4) is 0 Å². The largest absolute Gasteiger partial charge is 0.367 e. The van der Waals surface area contributed by atoms with Crippen LogP contribution < -0.4 is 16.0 Å². The Bertz CT molecular complexity index is 1190. The molecule has 10 heteroatoms. The summed E-state index contributed by atoms with van der Waals surface area (Å²) in [6.07, 6.45) is 6.09. The normalized spacial score (nSPS) is 13.8. The summed E-state index contributed by atoms with van der Waals surface area (Å²) >= 11 is 6.00. The van der Waals surface area contributed by atoms with E-state index in [0.717, 1.165) is 12.8 Å². The summed E-state index contributed by atoms with van der Waals surface area (Å²) in [5.41, 5.74) is 1.66. The zero-order valence-corrected chi connectivity index (χ0v) is 17.4. The minimum absolute atomic E-state index is 0.193. The Labute approximate surface area is 182 Å². The predicted molar refractivity (Wildman–Crippen MR) is 117 cm³/mol. The highest BCUT2D eigenvalue weighted by molar-refractivity contribution is 6.30. The number of nitrogens with one attached hydrogen (secondary N) is 3. The molecular weight excluding hydrogens is 423 g/mol. The van der Waals surface area contributed by atoms with Gasteiger partial charge in [0.05, 0.1) is 11.9 Å². The number of hydrogen-bond donors (Lipinski definition) is 3. The summed E-state index contributed by atoms with van der Waals surface area (Å²) in [6, 6.07) is 6.31. The maximum absolute atomic E-state index is 14.2. The second-order valence-electron chi connectivity index (χ2n) is 7.14. The molecule has 3 aromatic rings. The summed E-state index contributed by atoms with van der Waals surface area (Å²) < 4.78 is 15.9. The van der Waals surface area contributed by atoms with E-state index in [-0.39, 0.29) is 5.69 Å². The lowest BCUT2D eigenvalue weighted by atomic mass is 10.1. The molecule has 4 rings (SSSR count). The third kappa shape index (κ3) is 4.66. The van der Waals surface area contributed by atoms with Crippen LogP contribution in [0.2, 0.25) is 5.02 Å². The van der Waals surface area contributed by atoms with Gasteiger partial charge in [-0.15, -0.1) is 0 Å². The molecule has 8 nitrogen and oxygen atoms in total. The van der Waals surface area contributed by atoms with Crippen molar-refractivity contribution in [2.75, 3.05) is 10.6 Å². The number of carbonyl (C=O) groups excluding carboxylic acids is 2. The minimum Gasteiger partial charge on any atom is -0.367 e. The van der Waals surface area contributed by atoms with Gasteiger partial charge in [-0.3, -0.25) is 14.9 Å². The zero-order valence-electron chi connectivity index (χ0n) is 16.7. The Hall–Kier alpha value is -3.46. The maximum atomic E-state index is 14.2. The molecule has 0 aliphatic heterocycles. The third-order valence-corrected chi connectivity index (χ3v) is 5.05. The lowest BCUT2D eigenvalue weighted by molar-refractivity contribution is -0.122. The number of nitrogens with zero attached hydrogens (tertiary/aromatic N) is 3. The van der Waals surface area contributed by atoms with Gasteiger partial charge in [0, 0.05) is 28.3 Å². The highest BCUT2D eigenvalue weighted by Crippen LogP contribution is 2.29. The maximum Gasteiger partial charge on any atom is 0.253 e. The van der Waals surface area contributed by atoms with Crippen molar-refractivity contribution < 1.29 is 14.0 Å². The number of anilines is 3. The topological polar surface area (TPSA) is 100 Å². The van der Waals surface area contributed by atoms with Crippen molar-refractivity contribution in [2.24, 2.45) is 0 Å². The van der Waals surface area contributed by atoms with Crippen LogP contribution in [0.5, 0.6) is 0 Å². The molecule has 1 saturated carbocycles. The Balaban J connectivity index is 1.78. The molecule has 1 aliphatic rings. The van der Waals surface area contributed by atoms with E-state index in [9.17, 15) is 14.0 Å². The smallest absolute Gasteiger partial charge is 0.253 e. The highest BCUT2D eigenvalue weighted by atomic mass is 35.5. The van der Waals surface area contributed by atoms with Crippen LogP contribution in [0.1, 0.15) is 31.7 Å². The van der Waals surface area contributed by atoms with Gasteiger partial charge in [-0.2, -0.15) is 9.61 Å². The first-order chi connectivity index (χ1) is 15.0. The number of hydrogen-bond acceptors (Lipinski definition) is 6. The van der Waals surface area contributed by atoms with E-state index < -0.39 is 11.7 Å². The molecule has 31 heavy (non-hydrogen) atoms. The van der Waals surface area contributed by atoms with Gasteiger partial charge in [0.1, 0.15) is 17.5 Å². The molecule has 1 aromatic carbocycles. The molecule has 3 N–H and O–H groups in total. The van der Waals surface area contributed by atoms with Crippen LogP contribution in [0.4, 0.5) is 21.7 Å². The van der Waals surface area contributed by atoms with Crippen LogP contribution in [0.15, 0.2) is 36.0 Å². The van der Waals surface area contributed by atoms with E-state index in [2.05, 4.69) is 26.0 Å². The van der Waals surface area contributed by atoms with Gasteiger partial charge in [0.25, 0.3) is 5.91 Å². The van der Waals surface area contributed by atoms with Crippen LogP contribution in [0.3, 0.4) is 0 Å². The SMILES string of the molecule is CC/C(=C\c1cnn2c(NC3CC3)cc(Nc3cc(Cl)ccc3F)nc12)C(=O)NC=O. The molecule has 1 aliphatic carbocycles. The van der Waals surface area contributed by atoms with E-state index >= 15 is 0 Å². The standard InChI is InChI=1S/C21H20ClFN6O2/c1-2-12(21(31)24-11-30)7-13-10-25-29-19(26-15-4-5-15)9-18(28-20(13)29)27-17-8-14(22)3-6-16(17)23/h3,6-11,15,26H,2,4-5H2,1H3,(H,27,28)(H,24,30,31)/b12-7+. The van der Waals surface area contributed by atoms with Gasteiger partial charge >= 0.3 is 0 Å². The van der Waals surface area contributed by atoms with Crippen molar-refractivity contribution in [2.45, 2.75) is 32.2 Å². The van der Waals surface area contributed by atoms with Crippen LogP contribution in [-0.4, -0.2) is 33.0 Å². The lowest BCUT2D eigenvalue weighted by Gasteiger charge is -2.12. The summed E-state index contributed by atoms with van der Waals surface area (Å²) in [5, 5.41) is 13.3. The predicted octanol–water partition coefficient (Wildman–Crippen LogP) is 3.91. The molecule has 160 valence electrons. The lowest BCUT2D eigenvalue weighted by Crippen LogP contribution is -2.22. The van der Waals surface area contributed by atoms with Gasteiger partial charge in [0.15, 0.2) is 5.65 Å². The number of benzene rings is 1. The second-order valence-corrected chi connectivity index (χ2v) is 7.58. The van der Waals surface area contributed by atoms with Crippen LogP contribution in [0.25, 0.3) is 11.7 Å². The van der Waals surface area contributed by atoms with Crippen LogP contribution >= 0.6 is 11.6 Å². The Morgan fingerprint density at radius 3 is 2.87 bits per heavy atom. The summed E-state index contributed by atoms with van der Waals surface area (Å²) in [7, 11) is 0. The zero-order chi connectivity index (χ0) is 22.0. The fraction of sp³-hybridized carbons (Fsp3) is 0.238. The Morgan fingerprint density at radius 1 is 1.35 bits per heavy atom. The van der Waals surface area contributed by atoms with Crippen molar-refractivity contribution in [1.29, 1.82) is 0 Å². The average molecular weight is 443 g/mol. The molecule has 0 radical (unpaired) electrons. The van der Waals surface area contributed by atoms with Crippen molar-refractivity contribution in [3.05, 3.63) is 52.4 Å². The van der Waals surface area contributed by atoms with E-state index in [1.807, 2.05) is 6.92 Å². The Morgan fingerprint density at radius 2 is 2.16 bits per heavy atom.